The molecule has 18 heavy (non-hydrogen) atoms. The Kier molecular flexibility index (Phi) is 2.95. The second kappa shape index (κ2) is 4.30. The first-order valence-corrected chi connectivity index (χ1v) is 6.89. The lowest BCUT2D eigenvalue weighted by Gasteiger charge is -2.08. The molecular formula is C10H11N3O4S. The van der Waals surface area contributed by atoms with Crippen molar-refractivity contribution in [3.8, 4) is 0 Å². The Balaban J connectivity index is 2.35. The topological polar surface area (TPSA) is 115 Å². The smallest absolute Gasteiger partial charge is 0.281 e. The molecule has 8 heteroatoms. The lowest BCUT2D eigenvalue weighted by atomic mass is 10.2. The minimum Gasteiger partial charge on any atom is -0.397 e. The van der Waals surface area contributed by atoms with E-state index in [-0.39, 0.29) is 17.1 Å². The van der Waals surface area contributed by atoms with Gasteiger partial charge in [-0.05, 0) is 12.1 Å². The number of benzene rings is 1. The van der Waals surface area contributed by atoms with E-state index in [0.717, 1.165) is 0 Å². The van der Waals surface area contributed by atoms with E-state index in [1.54, 1.807) is 24.3 Å². The van der Waals surface area contributed by atoms with Crippen molar-refractivity contribution in [2.24, 2.45) is 0 Å². The molecule has 0 bridgehead atoms. The third-order valence-electron chi connectivity index (χ3n) is 2.54. The van der Waals surface area contributed by atoms with Gasteiger partial charge in [0.05, 0.1) is 22.1 Å². The molecule has 1 heterocycles. The molecule has 0 saturated carbocycles. The highest BCUT2D eigenvalue weighted by atomic mass is 32.2. The van der Waals surface area contributed by atoms with E-state index in [2.05, 4.69) is 5.32 Å². The zero-order valence-corrected chi connectivity index (χ0v) is 10.1. The Morgan fingerprint density at radius 2 is 1.94 bits per heavy atom. The molecule has 0 fully saturated rings. The number of nitro groups is 1. The minimum atomic E-state index is -3.44. The maximum atomic E-state index is 11.4. The number of nitrogens with one attached hydrogen (secondary N) is 1. The van der Waals surface area contributed by atoms with Gasteiger partial charge < -0.3 is 11.1 Å². The largest absolute Gasteiger partial charge is 0.397 e. The average Bonchev–Trinajstić information content (AvgIpc) is 2.57. The van der Waals surface area contributed by atoms with Crippen LogP contribution in [0.5, 0.6) is 0 Å². The van der Waals surface area contributed by atoms with Crippen LogP contribution >= 0.6 is 0 Å². The summed E-state index contributed by atoms with van der Waals surface area (Å²) in [7, 11) is -3.44. The van der Waals surface area contributed by atoms with Gasteiger partial charge in [0.15, 0.2) is 9.84 Å². The molecule has 0 atom stereocenters. The molecule has 1 aliphatic heterocycles. The van der Waals surface area contributed by atoms with Gasteiger partial charge in [-0.3, -0.25) is 10.1 Å². The molecule has 0 aliphatic carbocycles. The van der Waals surface area contributed by atoms with Gasteiger partial charge in [0, 0.05) is 0 Å². The molecule has 1 aromatic rings. The third-order valence-corrected chi connectivity index (χ3v) is 3.98. The van der Waals surface area contributed by atoms with Crippen LogP contribution in [-0.4, -0.2) is 24.8 Å². The molecule has 3 N–H and O–H groups in total. The summed E-state index contributed by atoms with van der Waals surface area (Å²) in [6, 6.07) is 6.67. The molecule has 0 saturated heterocycles. The lowest BCUT2D eigenvalue weighted by molar-refractivity contribution is -0.424. The summed E-state index contributed by atoms with van der Waals surface area (Å²) in [5, 5.41) is 13.5. The van der Waals surface area contributed by atoms with Gasteiger partial charge in [-0.15, -0.1) is 0 Å². The van der Waals surface area contributed by atoms with E-state index in [1.807, 2.05) is 0 Å². The quantitative estimate of drug-likeness (QED) is 0.471. The molecule has 0 spiro atoms. The molecule has 0 amide bonds. The number of nitrogen functional groups attached to an aromatic ring is 1. The van der Waals surface area contributed by atoms with E-state index < -0.39 is 20.5 Å². The molecule has 0 radical (unpaired) electrons. The van der Waals surface area contributed by atoms with Crippen LogP contribution in [0.3, 0.4) is 0 Å². The highest BCUT2D eigenvalue weighted by Gasteiger charge is 2.35. The number of hydrogen-bond acceptors (Lipinski definition) is 6. The fourth-order valence-electron chi connectivity index (χ4n) is 1.69. The molecule has 2 rings (SSSR count). The van der Waals surface area contributed by atoms with Crippen molar-refractivity contribution in [3.63, 3.8) is 0 Å². The lowest BCUT2D eigenvalue weighted by Crippen LogP contribution is -2.09. The van der Waals surface area contributed by atoms with Gasteiger partial charge >= 0.3 is 0 Å². The van der Waals surface area contributed by atoms with Gasteiger partial charge in [-0.1, -0.05) is 12.1 Å². The Hall–Kier alpha value is -2.09. The number of hydrogen-bond donors (Lipinski definition) is 2. The molecule has 0 aromatic heterocycles. The number of sulfone groups is 1. The van der Waals surface area contributed by atoms with E-state index >= 15 is 0 Å². The van der Waals surface area contributed by atoms with E-state index in [9.17, 15) is 18.5 Å². The van der Waals surface area contributed by atoms with Crippen LogP contribution in [0.15, 0.2) is 35.7 Å². The van der Waals surface area contributed by atoms with Crippen LogP contribution < -0.4 is 11.1 Å². The van der Waals surface area contributed by atoms with Crippen molar-refractivity contribution in [1.29, 1.82) is 0 Å². The number of nitrogens with zero attached hydrogens (tertiary/aromatic N) is 1. The van der Waals surface area contributed by atoms with Crippen LogP contribution in [0, 0.1) is 10.1 Å². The van der Waals surface area contributed by atoms with Crippen LogP contribution in [0.4, 0.5) is 11.4 Å². The van der Waals surface area contributed by atoms with Crippen molar-refractivity contribution in [2.45, 2.75) is 0 Å². The first-order chi connectivity index (χ1) is 8.39. The first kappa shape index (κ1) is 12.4. The van der Waals surface area contributed by atoms with E-state index in [0.29, 0.717) is 11.4 Å². The second-order valence-electron chi connectivity index (χ2n) is 3.93. The summed E-state index contributed by atoms with van der Waals surface area (Å²) >= 11 is 0. The van der Waals surface area contributed by atoms with Gasteiger partial charge in [-0.25, -0.2) is 8.42 Å². The number of anilines is 2. The van der Waals surface area contributed by atoms with Gasteiger partial charge in [0.2, 0.25) is 0 Å². The zero-order valence-electron chi connectivity index (χ0n) is 9.29. The predicted octanol–water partition coefficient (Wildman–Crippen LogP) is 0.597. The van der Waals surface area contributed by atoms with Crippen molar-refractivity contribution in [2.75, 3.05) is 22.6 Å². The monoisotopic (exact) mass is 269 g/mol. The highest BCUT2D eigenvalue weighted by molar-refractivity contribution is 7.92. The first-order valence-electron chi connectivity index (χ1n) is 5.07. The second-order valence-corrected chi connectivity index (χ2v) is 5.99. The maximum Gasteiger partial charge on any atom is 0.281 e. The predicted molar refractivity (Wildman–Crippen MR) is 67.2 cm³/mol. The fourth-order valence-corrected chi connectivity index (χ4v) is 3.17. The summed E-state index contributed by atoms with van der Waals surface area (Å²) in [6.45, 7) is 0. The molecule has 7 nitrogen and oxygen atoms in total. The number of para-hydroxylation sites is 2. The number of rotatable bonds is 3. The molecule has 0 unspecified atom stereocenters. The summed E-state index contributed by atoms with van der Waals surface area (Å²) in [5.74, 6) is -0.910. The van der Waals surface area contributed by atoms with Crippen molar-refractivity contribution in [3.05, 3.63) is 45.8 Å². The Morgan fingerprint density at radius 1 is 1.28 bits per heavy atom. The zero-order chi connectivity index (χ0) is 13.3. The van der Waals surface area contributed by atoms with Crippen LogP contribution in [0.2, 0.25) is 0 Å². The molecule has 1 aliphatic rings. The highest BCUT2D eigenvalue weighted by Crippen LogP contribution is 2.25. The van der Waals surface area contributed by atoms with Crippen molar-refractivity contribution in [1.82, 2.24) is 0 Å². The summed E-state index contributed by atoms with van der Waals surface area (Å²) < 4.78 is 22.8. The molecule has 1 aromatic carbocycles. The van der Waals surface area contributed by atoms with E-state index in [4.69, 9.17) is 5.73 Å². The standard InChI is InChI=1S/C10H11N3O4S/c11-7-3-1-2-4-8(7)12-9-5-18(16,17)6-10(9)13(14)15/h1-4,12H,5-6,11H2. The van der Waals surface area contributed by atoms with Crippen molar-refractivity contribution < 1.29 is 13.3 Å². The Morgan fingerprint density at radius 3 is 2.56 bits per heavy atom. The SMILES string of the molecule is Nc1ccccc1NC1=C([N+](=O)[O-])CS(=O)(=O)C1. The van der Waals surface area contributed by atoms with Gasteiger partial charge in [0.1, 0.15) is 11.4 Å². The van der Waals surface area contributed by atoms with Gasteiger partial charge in [-0.2, -0.15) is 0 Å². The van der Waals surface area contributed by atoms with Crippen molar-refractivity contribution >= 4 is 21.2 Å². The maximum absolute atomic E-state index is 11.4. The van der Waals surface area contributed by atoms with Gasteiger partial charge in [0.25, 0.3) is 5.70 Å². The normalized spacial score (nSPS) is 17.8. The third kappa shape index (κ3) is 2.43. The van der Waals surface area contributed by atoms with Crippen LogP contribution in [0.25, 0.3) is 0 Å². The average molecular weight is 269 g/mol. The Labute approximate surface area is 103 Å². The number of nitrogens with two attached hydrogens (primary N) is 1. The van der Waals surface area contributed by atoms with E-state index in [1.165, 1.54) is 0 Å². The summed E-state index contributed by atoms with van der Waals surface area (Å²) in [6.07, 6.45) is 0. The Bertz CT molecular complexity index is 636. The fraction of sp³-hybridized carbons (Fsp3) is 0.200. The van der Waals surface area contributed by atoms with Crippen LogP contribution in [0.1, 0.15) is 0 Å². The minimum absolute atomic E-state index is 0.0814. The summed E-state index contributed by atoms with van der Waals surface area (Å²) in [4.78, 5) is 10.1. The molecule has 96 valence electrons. The summed E-state index contributed by atoms with van der Waals surface area (Å²) in [5.41, 5.74) is 6.31. The van der Waals surface area contributed by atoms with Crippen LogP contribution in [-0.2, 0) is 9.84 Å². The molecular weight excluding hydrogens is 258 g/mol.